The molecule has 0 aliphatic rings. The van der Waals surface area contributed by atoms with Crippen LogP contribution in [0.25, 0.3) is 5.69 Å². The van der Waals surface area contributed by atoms with Crippen molar-refractivity contribution in [3.8, 4) is 5.69 Å². The first kappa shape index (κ1) is 12.0. The molecule has 0 saturated carbocycles. The SMILES string of the molecule is O=c1[nH]n(Nc2ccccc2)c(=O)n1-c1ccccc1. The first-order valence-electron chi connectivity index (χ1n) is 6.07. The summed E-state index contributed by atoms with van der Waals surface area (Å²) in [5, 5.41) is 2.46. The van der Waals surface area contributed by atoms with Gasteiger partial charge in [-0.2, -0.15) is 0 Å². The van der Waals surface area contributed by atoms with Crippen LogP contribution in [0.4, 0.5) is 5.69 Å². The number of rotatable bonds is 3. The van der Waals surface area contributed by atoms with Crippen LogP contribution in [-0.2, 0) is 0 Å². The average Bonchev–Trinajstić information content (AvgIpc) is 2.75. The van der Waals surface area contributed by atoms with Gasteiger partial charge in [-0.25, -0.2) is 19.3 Å². The lowest BCUT2D eigenvalue weighted by Crippen LogP contribution is -2.30. The van der Waals surface area contributed by atoms with Gasteiger partial charge in [0.15, 0.2) is 0 Å². The lowest BCUT2D eigenvalue weighted by atomic mass is 10.3. The number of para-hydroxylation sites is 2. The first-order chi connectivity index (χ1) is 9.75. The number of nitrogens with one attached hydrogen (secondary N) is 2. The molecule has 6 heteroatoms. The molecule has 0 amide bonds. The molecule has 2 N–H and O–H groups in total. The smallest absolute Gasteiger partial charge is 0.275 e. The van der Waals surface area contributed by atoms with Crippen LogP contribution in [0.15, 0.2) is 70.3 Å². The fourth-order valence-corrected chi connectivity index (χ4v) is 1.90. The largest absolute Gasteiger partial charge is 0.371 e. The van der Waals surface area contributed by atoms with Crippen LogP contribution in [0.3, 0.4) is 0 Å². The van der Waals surface area contributed by atoms with E-state index in [-0.39, 0.29) is 0 Å². The third-order valence-electron chi connectivity index (χ3n) is 2.82. The minimum Gasteiger partial charge on any atom is -0.275 e. The molecule has 3 aromatic rings. The Morgan fingerprint density at radius 3 is 2.10 bits per heavy atom. The van der Waals surface area contributed by atoms with E-state index in [4.69, 9.17) is 0 Å². The second-order valence-electron chi connectivity index (χ2n) is 4.18. The maximum absolute atomic E-state index is 12.2. The second kappa shape index (κ2) is 4.93. The highest BCUT2D eigenvalue weighted by Crippen LogP contribution is 2.04. The first-order valence-corrected chi connectivity index (χ1v) is 6.07. The number of hydrogen-bond donors (Lipinski definition) is 2. The van der Waals surface area contributed by atoms with Crippen molar-refractivity contribution in [2.45, 2.75) is 0 Å². The van der Waals surface area contributed by atoms with Gasteiger partial charge in [-0.05, 0) is 24.3 Å². The number of hydrogen-bond acceptors (Lipinski definition) is 3. The predicted molar refractivity (Wildman–Crippen MR) is 76.1 cm³/mol. The maximum Gasteiger partial charge on any atom is 0.371 e. The highest BCUT2D eigenvalue weighted by molar-refractivity contribution is 5.41. The van der Waals surface area contributed by atoms with Gasteiger partial charge in [0.05, 0.1) is 11.4 Å². The monoisotopic (exact) mass is 268 g/mol. The van der Waals surface area contributed by atoms with Crippen LogP contribution in [-0.4, -0.2) is 14.5 Å². The van der Waals surface area contributed by atoms with Crippen molar-refractivity contribution in [1.29, 1.82) is 0 Å². The zero-order valence-corrected chi connectivity index (χ0v) is 10.5. The summed E-state index contributed by atoms with van der Waals surface area (Å²) in [4.78, 5) is 25.2. The quantitative estimate of drug-likeness (QED) is 0.749. The molecule has 0 radical (unpaired) electrons. The van der Waals surface area contributed by atoms with E-state index in [0.717, 1.165) is 9.36 Å². The third-order valence-corrected chi connectivity index (χ3v) is 2.82. The van der Waals surface area contributed by atoms with Gasteiger partial charge < -0.3 is 0 Å². The van der Waals surface area contributed by atoms with E-state index >= 15 is 0 Å². The molecular formula is C14H12N4O2. The molecule has 0 bridgehead atoms. The van der Waals surface area contributed by atoms with Crippen LogP contribution in [0.2, 0.25) is 0 Å². The molecule has 0 fully saturated rings. The van der Waals surface area contributed by atoms with Crippen molar-refractivity contribution in [3.05, 3.63) is 81.6 Å². The van der Waals surface area contributed by atoms with Crippen LogP contribution in [0.1, 0.15) is 0 Å². The lowest BCUT2D eigenvalue weighted by molar-refractivity contribution is 0.757. The van der Waals surface area contributed by atoms with E-state index in [1.807, 2.05) is 24.3 Å². The number of H-pyrrole nitrogens is 1. The minimum atomic E-state index is -0.496. The fourth-order valence-electron chi connectivity index (χ4n) is 1.90. The topological polar surface area (TPSA) is 71.8 Å². The van der Waals surface area contributed by atoms with Gasteiger partial charge in [0.2, 0.25) is 0 Å². The summed E-state index contributed by atoms with van der Waals surface area (Å²) < 4.78 is 1.07. The molecule has 0 spiro atoms. The number of anilines is 1. The molecule has 1 heterocycles. The molecule has 0 atom stereocenters. The van der Waals surface area contributed by atoms with Crippen molar-refractivity contribution >= 4 is 5.69 Å². The van der Waals surface area contributed by atoms with Gasteiger partial charge in [-0.15, -0.1) is 4.79 Å². The van der Waals surface area contributed by atoms with Gasteiger partial charge >= 0.3 is 11.4 Å². The normalized spacial score (nSPS) is 10.4. The summed E-state index contributed by atoms with van der Waals surface area (Å²) in [6.07, 6.45) is 0. The standard InChI is InChI=1S/C14H12N4O2/c19-13-16-18(15-11-7-3-1-4-8-11)14(20)17(13)12-9-5-2-6-10-12/h1-10,15H,(H,16,19). The molecule has 6 nitrogen and oxygen atoms in total. The molecule has 2 aromatic carbocycles. The lowest BCUT2D eigenvalue weighted by Gasteiger charge is -2.04. The molecule has 3 rings (SSSR count). The molecule has 0 unspecified atom stereocenters. The molecular weight excluding hydrogens is 256 g/mol. The molecule has 20 heavy (non-hydrogen) atoms. The third kappa shape index (κ3) is 2.14. The molecule has 0 saturated heterocycles. The van der Waals surface area contributed by atoms with E-state index in [2.05, 4.69) is 10.5 Å². The maximum atomic E-state index is 12.2. The van der Waals surface area contributed by atoms with Gasteiger partial charge in [-0.1, -0.05) is 36.4 Å². The Morgan fingerprint density at radius 2 is 1.45 bits per heavy atom. The van der Waals surface area contributed by atoms with E-state index in [1.165, 1.54) is 0 Å². The Balaban J connectivity index is 2.04. The zero-order chi connectivity index (χ0) is 13.9. The van der Waals surface area contributed by atoms with Crippen molar-refractivity contribution in [2.75, 3.05) is 5.43 Å². The van der Waals surface area contributed by atoms with E-state index in [0.29, 0.717) is 11.4 Å². The number of nitrogens with zero attached hydrogens (tertiary/aromatic N) is 2. The van der Waals surface area contributed by atoms with Crippen molar-refractivity contribution in [2.24, 2.45) is 0 Å². The summed E-state index contributed by atoms with van der Waals surface area (Å²) in [5.74, 6) is 0. The summed E-state index contributed by atoms with van der Waals surface area (Å²) >= 11 is 0. The Morgan fingerprint density at radius 1 is 0.850 bits per heavy atom. The Hall–Kier alpha value is -3.02. The molecule has 1 aromatic heterocycles. The summed E-state index contributed by atoms with van der Waals surface area (Å²) in [5.41, 5.74) is 3.08. The number of benzene rings is 2. The van der Waals surface area contributed by atoms with Crippen molar-refractivity contribution in [3.63, 3.8) is 0 Å². The number of aromatic amines is 1. The molecule has 0 aliphatic heterocycles. The van der Waals surface area contributed by atoms with Gasteiger partial charge in [0, 0.05) is 0 Å². The van der Waals surface area contributed by atoms with Crippen molar-refractivity contribution in [1.82, 2.24) is 14.5 Å². The predicted octanol–water partition coefficient (Wildman–Crippen LogP) is 1.20. The Labute approximate surface area is 113 Å². The van der Waals surface area contributed by atoms with E-state index in [1.54, 1.807) is 36.4 Å². The van der Waals surface area contributed by atoms with Crippen LogP contribution in [0, 0.1) is 0 Å². The van der Waals surface area contributed by atoms with E-state index < -0.39 is 11.4 Å². The van der Waals surface area contributed by atoms with Crippen LogP contribution >= 0.6 is 0 Å². The summed E-state index contributed by atoms with van der Waals surface area (Å²) in [6, 6.07) is 17.9. The second-order valence-corrected chi connectivity index (χ2v) is 4.18. The Kier molecular flexibility index (Phi) is 2.96. The van der Waals surface area contributed by atoms with Gasteiger partial charge in [0.1, 0.15) is 0 Å². The van der Waals surface area contributed by atoms with Gasteiger partial charge in [0.25, 0.3) is 0 Å². The fraction of sp³-hybridized carbons (Fsp3) is 0. The molecule has 100 valence electrons. The minimum absolute atomic E-state index is 0.481. The summed E-state index contributed by atoms with van der Waals surface area (Å²) in [7, 11) is 0. The zero-order valence-electron chi connectivity index (χ0n) is 10.5. The summed E-state index contributed by atoms with van der Waals surface area (Å²) in [6.45, 7) is 0. The van der Waals surface area contributed by atoms with Crippen LogP contribution in [0.5, 0.6) is 0 Å². The highest BCUT2D eigenvalue weighted by Gasteiger charge is 2.10. The van der Waals surface area contributed by atoms with E-state index in [9.17, 15) is 9.59 Å². The van der Waals surface area contributed by atoms with Gasteiger partial charge in [-0.3, -0.25) is 5.43 Å². The van der Waals surface area contributed by atoms with Crippen molar-refractivity contribution < 1.29 is 0 Å². The number of aromatic nitrogens is 3. The molecule has 0 aliphatic carbocycles. The Bertz CT molecular complexity index is 816. The average molecular weight is 268 g/mol. The highest BCUT2D eigenvalue weighted by atomic mass is 16.2. The van der Waals surface area contributed by atoms with Crippen LogP contribution < -0.4 is 16.8 Å².